The monoisotopic (exact) mass is 573 g/mol. The molecular formula is C44H31N. The van der Waals surface area contributed by atoms with Crippen LogP contribution in [0.1, 0.15) is 0 Å². The Labute approximate surface area is 264 Å². The van der Waals surface area contributed by atoms with Gasteiger partial charge in [-0.05, 0) is 91.3 Å². The Hall–Kier alpha value is -5.92. The van der Waals surface area contributed by atoms with Gasteiger partial charge in [-0.25, -0.2) is 0 Å². The molecule has 0 saturated heterocycles. The van der Waals surface area contributed by atoms with Gasteiger partial charge in [0, 0.05) is 17.1 Å². The zero-order valence-electron chi connectivity index (χ0n) is 24.8. The zero-order chi connectivity index (χ0) is 30.0. The number of anilines is 3. The molecule has 0 fully saturated rings. The van der Waals surface area contributed by atoms with E-state index in [9.17, 15) is 0 Å². The second-order valence-electron chi connectivity index (χ2n) is 11.3. The first-order valence-electron chi connectivity index (χ1n) is 15.5. The van der Waals surface area contributed by atoms with Crippen molar-refractivity contribution in [2.45, 2.75) is 0 Å². The van der Waals surface area contributed by atoms with Gasteiger partial charge in [-0.15, -0.1) is 0 Å². The number of rotatable bonds is 6. The summed E-state index contributed by atoms with van der Waals surface area (Å²) in [6.45, 7) is 0. The second-order valence-corrected chi connectivity index (χ2v) is 11.3. The Bertz CT molecular complexity index is 2240. The number of benzene rings is 8. The van der Waals surface area contributed by atoms with Crippen molar-refractivity contribution in [3.05, 3.63) is 188 Å². The van der Waals surface area contributed by atoms with Crippen LogP contribution in [0.4, 0.5) is 17.1 Å². The molecule has 0 N–H and O–H groups in total. The number of hydrogen-bond acceptors (Lipinski definition) is 1. The molecule has 0 aromatic heterocycles. The van der Waals surface area contributed by atoms with E-state index < -0.39 is 0 Å². The van der Waals surface area contributed by atoms with Gasteiger partial charge in [-0.3, -0.25) is 0 Å². The molecule has 0 atom stereocenters. The summed E-state index contributed by atoms with van der Waals surface area (Å²) in [6, 6.07) is 67.6. The lowest BCUT2D eigenvalue weighted by molar-refractivity contribution is 1.29. The molecule has 0 heterocycles. The van der Waals surface area contributed by atoms with Crippen molar-refractivity contribution in [1.82, 2.24) is 0 Å². The van der Waals surface area contributed by atoms with Gasteiger partial charge in [0.1, 0.15) is 0 Å². The fourth-order valence-corrected chi connectivity index (χ4v) is 6.61. The number of nitrogens with zero attached hydrogens (tertiary/aromatic N) is 1. The molecule has 0 bridgehead atoms. The lowest BCUT2D eigenvalue weighted by Gasteiger charge is -2.27. The molecule has 0 aliphatic rings. The maximum absolute atomic E-state index is 2.39. The van der Waals surface area contributed by atoms with E-state index in [1.54, 1.807) is 0 Å². The maximum atomic E-state index is 2.39. The van der Waals surface area contributed by atoms with E-state index in [1.807, 2.05) is 0 Å². The molecule has 0 amide bonds. The van der Waals surface area contributed by atoms with Gasteiger partial charge in [0.2, 0.25) is 0 Å². The molecule has 212 valence electrons. The van der Waals surface area contributed by atoms with Crippen molar-refractivity contribution in [2.75, 3.05) is 4.90 Å². The summed E-state index contributed by atoms with van der Waals surface area (Å²) < 4.78 is 0. The third-order valence-corrected chi connectivity index (χ3v) is 8.62. The highest BCUT2D eigenvalue weighted by Gasteiger charge is 2.20. The Balaban J connectivity index is 1.44. The fraction of sp³-hybridized carbons (Fsp3) is 0. The minimum Gasteiger partial charge on any atom is -0.310 e. The van der Waals surface area contributed by atoms with Gasteiger partial charge in [0.05, 0.1) is 0 Å². The molecule has 0 unspecified atom stereocenters. The zero-order valence-corrected chi connectivity index (χ0v) is 24.8. The molecule has 0 aliphatic heterocycles. The van der Waals surface area contributed by atoms with E-state index in [0.29, 0.717) is 0 Å². The molecule has 1 heteroatoms. The van der Waals surface area contributed by atoms with Crippen LogP contribution in [0.2, 0.25) is 0 Å². The fourth-order valence-electron chi connectivity index (χ4n) is 6.61. The van der Waals surface area contributed by atoms with E-state index in [1.165, 1.54) is 54.9 Å². The van der Waals surface area contributed by atoms with Crippen LogP contribution >= 0.6 is 0 Å². The summed E-state index contributed by atoms with van der Waals surface area (Å²) in [7, 11) is 0. The Kier molecular flexibility index (Phi) is 6.90. The molecule has 0 radical (unpaired) electrons. The van der Waals surface area contributed by atoms with Gasteiger partial charge in [0.15, 0.2) is 0 Å². The summed E-state index contributed by atoms with van der Waals surface area (Å²) in [6.07, 6.45) is 0. The van der Waals surface area contributed by atoms with Crippen LogP contribution in [0.15, 0.2) is 188 Å². The quantitative estimate of drug-likeness (QED) is 0.179. The predicted octanol–water partition coefficient (Wildman–Crippen LogP) is 12.5. The van der Waals surface area contributed by atoms with E-state index in [2.05, 4.69) is 193 Å². The first-order valence-corrected chi connectivity index (χ1v) is 15.5. The Morgan fingerprint density at radius 3 is 1.33 bits per heavy atom. The second kappa shape index (κ2) is 11.6. The number of hydrogen-bond donors (Lipinski definition) is 0. The molecular weight excluding hydrogens is 542 g/mol. The predicted molar refractivity (Wildman–Crippen MR) is 192 cm³/mol. The molecule has 0 spiro atoms. The highest BCUT2D eigenvalue weighted by Crippen LogP contribution is 2.46. The maximum Gasteiger partial charge on any atom is 0.0468 e. The van der Waals surface area contributed by atoms with Crippen molar-refractivity contribution >= 4 is 38.6 Å². The molecule has 8 aromatic carbocycles. The van der Waals surface area contributed by atoms with Gasteiger partial charge in [-0.1, -0.05) is 152 Å². The smallest absolute Gasteiger partial charge is 0.0468 e. The van der Waals surface area contributed by atoms with Crippen molar-refractivity contribution in [2.24, 2.45) is 0 Å². The summed E-state index contributed by atoms with van der Waals surface area (Å²) in [5.74, 6) is 0. The van der Waals surface area contributed by atoms with Gasteiger partial charge < -0.3 is 4.90 Å². The number of para-hydroxylation sites is 1. The SMILES string of the molecule is c1ccc(-c2cccc(N(c3ccccc3)c3ccc4c(c3)c(-c3ccccc3)c(-c3ccccc3)c3ccccc34)c2)cc1. The van der Waals surface area contributed by atoms with Crippen LogP contribution in [0.5, 0.6) is 0 Å². The molecule has 45 heavy (non-hydrogen) atoms. The largest absolute Gasteiger partial charge is 0.310 e. The van der Waals surface area contributed by atoms with Crippen molar-refractivity contribution in [3.8, 4) is 33.4 Å². The first kappa shape index (κ1) is 26.7. The van der Waals surface area contributed by atoms with Crippen LogP contribution in [0, 0.1) is 0 Å². The molecule has 1 nitrogen and oxygen atoms in total. The van der Waals surface area contributed by atoms with Crippen molar-refractivity contribution in [3.63, 3.8) is 0 Å². The standard InChI is InChI=1S/C44H31N/c1-5-16-32(17-6-1)35-22-15-25-37(30-35)45(36-23-11-4-12-24-36)38-28-29-40-39-26-13-14-27-41(39)43(33-18-7-2-8-19-33)44(42(40)31-38)34-20-9-3-10-21-34/h1-31H. The Morgan fingerprint density at radius 1 is 0.244 bits per heavy atom. The van der Waals surface area contributed by atoms with Crippen LogP contribution in [0.25, 0.3) is 54.9 Å². The average Bonchev–Trinajstić information content (AvgIpc) is 3.13. The molecule has 0 saturated carbocycles. The molecule has 8 rings (SSSR count). The topological polar surface area (TPSA) is 3.24 Å². The minimum absolute atomic E-state index is 1.12. The average molecular weight is 574 g/mol. The normalized spacial score (nSPS) is 11.1. The van der Waals surface area contributed by atoms with Crippen LogP contribution in [-0.4, -0.2) is 0 Å². The van der Waals surface area contributed by atoms with E-state index in [-0.39, 0.29) is 0 Å². The lowest BCUT2D eigenvalue weighted by Crippen LogP contribution is -2.10. The summed E-state index contributed by atoms with van der Waals surface area (Å²) >= 11 is 0. The van der Waals surface area contributed by atoms with Gasteiger partial charge in [-0.2, -0.15) is 0 Å². The molecule has 8 aromatic rings. The van der Waals surface area contributed by atoms with Crippen molar-refractivity contribution in [1.29, 1.82) is 0 Å². The van der Waals surface area contributed by atoms with Gasteiger partial charge in [0.25, 0.3) is 0 Å². The third kappa shape index (κ3) is 4.95. The third-order valence-electron chi connectivity index (χ3n) is 8.62. The van der Waals surface area contributed by atoms with Crippen LogP contribution in [-0.2, 0) is 0 Å². The van der Waals surface area contributed by atoms with E-state index in [0.717, 1.165) is 17.1 Å². The minimum atomic E-state index is 1.12. The highest BCUT2D eigenvalue weighted by atomic mass is 15.1. The Morgan fingerprint density at radius 2 is 0.689 bits per heavy atom. The van der Waals surface area contributed by atoms with Crippen LogP contribution in [0.3, 0.4) is 0 Å². The molecule has 0 aliphatic carbocycles. The summed E-state index contributed by atoms with van der Waals surface area (Å²) in [5.41, 5.74) is 10.7. The summed E-state index contributed by atoms with van der Waals surface area (Å²) in [5, 5.41) is 5.00. The first-order chi connectivity index (χ1) is 22.3. The van der Waals surface area contributed by atoms with Crippen molar-refractivity contribution < 1.29 is 0 Å². The van der Waals surface area contributed by atoms with E-state index >= 15 is 0 Å². The van der Waals surface area contributed by atoms with Gasteiger partial charge >= 0.3 is 0 Å². The number of fused-ring (bicyclic) bond motifs is 3. The lowest BCUT2D eigenvalue weighted by atomic mass is 9.85. The van der Waals surface area contributed by atoms with Crippen LogP contribution < -0.4 is 4.90 Å². The van der Waals surface area contributed by atoms with E-state index in [4.69, 9.17) is 0 Å². The summed E-state index contributed by atoms with van der Waals surface area (Å²) in [4.78, 5) is 2.37. The highest BCUT2D eigenvalue weighted by molar-refractivity contribution is 6.22.